The second-order valence-electron chi connectivity index (χ2n) is 8.84. The zero-order valence-electron chi connectivity index (χ0n) is 21.5. The van der Waals surface area contributed by atoms with Gasteiger partial charge in [-0.1, -0.05) is 43.3 Å². The Hall–Kier alpha value is -4.07. The number of rotatable bonds is 10. The van der Waals surface area contributed by atoms with Gasteiger partial charge >= 0.3 is 11.9 Å². The minimum atomic E-state index is -0.807. The minimum absolute atomic E-state index is 0.0904. The molecule has 37 heavy (non-hydrogen) atoms. The van der Waals surface area contributed by atoms with Crippen LogP contribution < -0.4 is 9.47 Å². The fraction of sp³-hybridized carbons (Fsp3) is 0.310. The number of hydrogen-bond donors (Lipinski definition) is 0. The van der Waals surface area contributed by atoms with E-state index in [4.69, 9.17) is 14.2 Å². The molecular formula is C29H30FNO6. The van der Waals surface area contributed by atoms with Gasteiger partial charge in [0.25, 0.3) is 0 Å². The van der Waals surface area contributed by atoms with Crippen molar-refractivity contribution in [3.63, 3.8) is 0 Å². The lowest BCUT2D eigenvalue weighted by atomic mass is 9.84. The van der Waals surface area contributed by atoms with E-state index in [1.54, 1.807) is 19.9 Å². The van der Waals surface area contributed by atoms with Gasteiger partial charge in [0.2, 0.25) is 5.75 Å². The molecule has 3 atom stereocenters. The van der Waals surface area contributed by atoms with Gasteiger partial charge in [0, 0.05) is 31.5 Å². The Morgan fingerprint density at radius 2 is 1.73 bits per heavy atom. The number of nitrogens with zero attached hydrogens (tertiary/aromatic N) is 1. The topological polar surface area (TPSA) is 91.8 Å². The summed E-state index contributed by atoms with van der Waals surface area (Å²) < 4.78 is 29.9. The number of ketones is 1. The molecular weight excluding hydrogens is 477 g/mol. The normalized spacial score (nSPS) is 13.2. The van der Waals surface area contributed by atoms with Crippen molar-refractivity contribution >= 4 is 17.7 Å². The summed E-state index contributed by atoms with van der Waals surface area (Å²) in [6.45, 7) is 6.37. The van der Waals surface area contributed by atoms with Crippen LogP contribution in [-0.4, -0.2) is 35.9 Å². The summed E-state index contributed by atoms with van der Waals surface area (Å²) in [5.74, 6) is -3.11. The zero-order valence-corrected chi connectivity index (χ0v) is 21.5. The number of hydrogen-bond acceptors (Lipinski definition) is 7. The molecule has 0 fully saturated rings. The number of benzene rings is 2. The predicted molar refractivity (Wildman–Crippen MR) is 135 cm³/mol. The number of aromatic nitrogens is 1. The molecule has 8 heteroatoms. The molecule has 2 aromatic carbocycles. The second-order valence-corrected chi connectivity index (χ2v) is 8.84. The van der Waals surface area contributed by atoms with Crippen LogP contribution in [-0.2, 0) is 14.3 Å². The summed E-state index contributed by atoms with van der Waals surface area (Å²) in [5.41, 5.74) is 2.38. The lowest BCUT2D eigenvalue weighted by molar-refractivity contribution is -0.153. The maximum atomic E-state index is 13.8. The molecule has 0 N–H and O–H groups in total. The Kier molecular flexibility index (Phi) is 9.11. The number of methoxy groups -OCH3 is 1. The fourth-order valence-corrected chi connectivity index (χ4v) is 4.21. The lowest BCUT2D eigenvalue weighted by Crippen LogP contribution is -2.28. The Morgan fingerprint density at radius 1 is 1.03 bits per heavy atom. The van der Waals surface area contributed by atoms with Crippen molar-refractivity contribution in [2.24, 2.45) is 5.92 Å². The van der Waals surface area contributed by atoms with Crippen molar-refractivity contribution in [1.82, 2.24) is 4.98 Å². The Morgan fingerprint density at radius 3 is 2.35 bits per heavy atom. The molecule has 0 bridgehead atoms. The van der Waals surface area contributed by atoms with E-state index < -0.39 is 29.7 Å². The maximum absolute atomic E-state index is 13.8. The summed E-state index contributed by atoms with van der Waals surface area (Å²) >= 11 is 0. The Balaban J connectivity index is 1.80. The molecule has 1 heterocycles. The monoisotopic (exact) mass is 507 g/mol. The van der Waals surface area contributed by atoms with Crippen LogP contribution in [0.1, 0.15) is 60.3 Å². The van der Waals surface area contributed by atoms with Gasteiger partial charge in [0.15, 0.2) is 17.2 Å². The van der Waals surface area contributed by atoms with Crippen molar-refractivity contribution in [3.8, 4) is 11.5 Å². The number of aryl methyl sites for hydroxylation is 1. The van der Waals surface area contributed by atoms with Crippen molar-refractivity contribution in [3.05, 3.63) is 89.0 Å². The van der Waals surface area contributed by atoms with E-state index >= 15 is 0 Å². The summed E-state index contributed by atoms with van der Waals surface area (Å²) in [7, 11) is 1.38. The van der Waals surface area contributed by atoms with E-state index in [9.17, 15) is 18.8 Å². The van der Waals surface area contributed by atoms with Crippen molar-refractivity contribution in [2.45, 2.75) is 46.1 Å². The summed E-state index contributed by atoms with van der Waals surface area (Å²) in [4.78, 5) is 41.6. The summed E-state index contributed by atoms with van der Waals surface area (Å²) in [5, 5.41) is 0. The fourth-order valence-electron chi connectivity index (χ4n) is 4.21. The van der Waals surface area contributed by atoms with Gasteiger partial charge in [0.1, 0.15) is 11.9 Å². The molecule has 1 aromatic heterocycles. The molecule has 0 amide bonds. The third-order valence-electron chi connectivity index (χ3n) is 5.99. The number of Topliss-reactive ketones (excluding diaryl/α,β-unsaturated/α-hetero) is 1. The van der Waals surface area contributed by atoms with Gasteiger partial charge in [-0.3, -0.25) is 14.4 Å². The van der Waals surface area contributed by atoms with Gasteiger partial charge in [-0.05, 0) is 42.7 Å². The zero-order chi connectivity index (χ0) is 27.1. The molecule has 0 aliphatic heterocycles. The van der Waals surface area contributed by atoms with Gasteiger partial charge in [-0.15, -0.1) is 0 Å². The average Bonchev–Trinajstić information content (AvgIpc) is 2.85. The maximum Gasteiger partial charge on any atom is 0.309 e. The molecule has 3 aromatic rings. The highest BCUT2D eigenvalue weighted by molar-refractivity contribution is 5.99. The van der Waals surface area contributed by atoms with E-state index in [1.807, 2.05) is 37.3 Å². The predicted octanol–water partition coefficient (Wildman–Crippen LogP) is 5.44. The number of halogens is 1. The van der Waals surface area contributed by atoms with Crippen LogP contribution in [0.4, 0.5) is 4.39 Å². The third kappa shape index (κ3) is 6.78. The third-order valence-corrected chi connectivity index (χ3v) is 5.99. The van der Waals surface area contributed by atoms with Crippen molar-refractivity contribution in [2.75, 3.05) is 7.11 Å². The van der Waals surface area contributed by atoms with Crippen LogP contribution in [0.5, 0.6) is 11.5 Å². The minimum Gasteiger partial charge on any atom is -0.493 e. The SMILES string of the molecule is COc1ccnc(C(=O)C[C@@H](C)C(=O)O[C@@H](C)[C@@H](c2ccccc2)c2ccc(F)cc2C)c1OC(C)=O. The highest BCUT2D eigenvalue weighted by atomic mass is 19.1. The first kappa shape index (κ1) is 27.5. The molecule has 7 nitrogen and oxygen atoms in total. The molecule has 0 saturated heterocycles. The number of ether oxygens (including phenoxy) is 3. The first-order chi connectivity index (χ1) is 17.6. The Bertz CT molecular complexity index is 1280. The number of pyridine rings is 1. The molecule has 194 valence electrons. The average molecular weight is 508 g/mol. The number of esters is 2. The van der Waals surface area contributed by atoms with Crippen LogP contribution in [0, 0.1) is 18.7 Å². The largest absolute Gasteiger partial charge is 0.493 e. The summed E-state index contributed by atoms with van der Waals surface area (Å²) in [6, 6.07) is 15.5. The lowest BCUT2D eigenvalue weighted by Gasteiger charge is -2.27. The summed E-state index contributed by atoms with van der Waals surface area (Å²) in [6.07, 6.45) is 0.536. The molecule has 0 aliphatic rings. The first-order valence-electron chi connectivity index (χ1n) is 11.9. The van der Waals surface area contributed by atoms with Crippen molar-refractivity contribution < 1.29 is 33.0 Å². The standard InChI is InChI=1S/C29H30FNO6/c1-17-15-22(30)11-12-23(17)26(21-9-7-6-8-10-21)19(3)36-29(34)18(2)16-24(33)27-28(37-20(4)32)25(35-5)13-14-31-27/h6-15,18-19,26H,16H2,1-5H3/t18-,19+,26+/m1/s1. The second kappa shape index (κ2) is 12.3. The Labute approximate surface area is 215 Å². The van der Waals surface area contributed by atoms with Crippen LogP contribution in [0.2, 0.25) is 0 Å². The highest BCUT2D eigenvalue weighted by Crippen LogP contribution is 2.34. The number of carbonyl (C=O) groups excluding carboxylic acids is 3. The molecule has 0 aliphatic carbocycles. The van der Waals surface area contributed by atoms with Crippen LogP contribution in [0.25, 0.3) is 0 Å². The van der Waals surface area contributed by atoms with E-state index in [1.165, 1.54) is 38.4 Å². The van der Waals surface area contributed by atoms with Gasteiger partial charge in [-0.2, -0.15) is 0 Å². The quantitative estimate of drug-likeness (QED) is 0.267. The first-order valence-corrected chi connectivity index (χ1v) is 11.9. The van der Waals surface area contributed by atoms with E-state index in [0.717, 1.165) is 16.7 Å². The van der Waals surface area contributed by atoms with Gasteiger partial charge in [0.05, 0.1) is 13.0 Å². The van der Waals surface area contributed by atoms with Gasteiger partial charge in [-0.25, -0.2) is 9.37 Å². The molecule has 0 radical (unpaired) electrons. The molecule has 3 rings (SSSR count). The number of carbonyl (C=O) groups is 3. The van der Waals surface area contributed by atoms with Crippen molar-refractivity contribution in [1.29, 1.82) is 0 Å². The van der Waals surface area contributed by atoms with E-state index in [-0.39, 0.29) is 35.3 Å². The highest BCUT2D eigenvalue weighted by Gasteiger charge is 2.30. The molecule has 0 unspecified atom stereocenters. The smallest absolute Gasteiger partial charge is 0.309 e. The molecule has 0 spiro atoms. The molecule has 0 saturated carbocycles. The van der Waals surface area contributed by atoms with Crippen LogP contribution >= 0.6 is 0 Å². The van der Waals surface area contributed by atoms with Gasteiger partial charge < -0.3 is 14.2 Å². The van der Waals surface area contributed by atoms with Crippen LogP contribution in [0.15, 0.2) is 60.8 Å². The van der Waals surface area contributed by atoms with E-state index in [0.29, 0.717) is 0 Å². The van der Waals surface area contributed by atoms with Crippen LogP contribution in [0.3, 0.4) is 0 Å². The van der Waals surface area contributed by atoms with E-state index in [2.05, 4.69) is 4.98 Å².